The number of rotatable bonds is 4. The second kappa shape index (κ2) is 4.78. The largest absolute Gasteiger partial charge is 0.385 e. The highest BCUT2D eigenvalue weighted by Gasteiger charge is 2.30. The minimum atomic E-state index is 0.132. The zero-order chi connectivity index (χ0) is 12.4. The van der Waals surface area contributed by atoms with Gasteiger partial charge in [0.1, 0.15) is 0 Å². The van der Waals surface area contributed by atoms with E-state index in [4.69, 9.17) is 0 Å². The van der Waals surface area contributed by atoms with Gasteiger partial charge in [-0.1, -0.05) is 11.6 Å². The summed E-state index contributed by atoms with van der Waals surface area (Å²) in [6.07, 6.45) is 2.29. The minimum absolute atomic E-state index is 0.132. The molecule has 0 spiro atoms. The molecule has 0 aromatic heterocycles. The van der Waals surface area contributed by atoms with E-state index in [2.05, 4.69) is 5.32 Å². The Hall–Kier alpha value is -1.51. The zero-order valence-electron chi connectivity index (χ0n) is 10.8. The fourth-order valence-electron chi connectivity index (χ4n) is 2.00. The van der Waals surface area contributed by atoms with E-state index >= 15 is 0 Å². The second-order valence-electron chi connectivity index (χ2n) is 4.73. The van der Waals surface area contributed by atoms with Crippen LogP contribution in [0.5, 0.6) is 0 Å². The number of anilines is 1. The first-order valence-electron chi connectivity index (χ1n) is 6.25. The molecule has 1 aliphatic carbocycles. The summed E-state index contributed by atoms with van der Waals surface area (Å²) < 4.78 is 0. The Morgan fingerprint density at radius 3 is 2.76 bits per heavy atom. The van der Waals surface area contributed by atoms with Crippen LogP contribution in [0.15, 0.2) is 18.2 Å². The average molecular weight is 232 g/mol. The van der Waals surface area contributed by atoms with E-state index in [1.165, 1.54) is 0 Å². The highest BCUT2D eigenvalue weighted by molar-refractivity contribution is 6.00. The van der Waals surface area contributed by atoms with Gasteiger partial charge in [0.25, 0.3) is 5.91 Å². The first-order valence-corrected chi connectivity index (χ1v) is 6.25. The molecule has 0 radical (unpaired) electrons. The fourth-order valence-corrected chi connectivity index (χ4v) is 2.00. The molecule has 0 bridgehead atoms. The molecule has 1 aromatic carbocycles. The molecule has 1 amide bonds. The van der Waals surface area contributed by atoms with Gasteiger partial charge in [-0.25, -0.2) is 0 Å². The molecule has 0 heterocycles. The molecule has 0 saturated heterocycles. The average Bonchev–Trinajstić information content (AvgIpc) is 3.14. The summed E-state index contributed by atoms with van der Waals surface area (Å²) in [7, 11) is 1.90. The predicted molar refractivity (Wildman–Crippen MR) is 70.5 cm³/mol. The molecule has 92 valence electrons. The lowest BCUT2D eigenvalue weighted by molar-refractivity contribution is 0.0786. The number of nitrogens with one attached hydrogen (secondary N) is 1. The topological polar surface area (TPSA) is 32.3 Å². The lowest BCUT2D eigenvalue weighted by Crippen LogP contribution is -2.29. The van der Waals surface area contributed by atoms with Gasteiger partial charge >= 0.3 is 0 Å². The van der Waals surface area contributed by atoms with E-state index < -0.39 is 0 Å². The Kier molecular flexibility index (Phi) is 3.36. The highest BCUT2D eigenvalue weighted by Crippen LogP contribution is 2.28. The van der Waals surface area contributed by atoms with E-state index in [1.807, 2.05) is 44.0 Å². The molecule has 1 fully saturated rings. The van der Waals surface area contributed by atoms with Crippen molar-refractivity contribution in [3.63, 3.8) is 0 Å². The van der Waals surface area contributed by atoms with Crippen molar-refractivity contribution in [2.24, 2.45) is 0 Å². The van der Waals surface area contributed by atoms with Gasteiger partial charge in [-0.05, 0) is 38.8 Å². The quantitative estimate of drug-likeness (QED) is 0.865. The second-order valence-corrected chi connectivity index (χ2v) is 4.73. The number of amides is 1. The molecule has 0 aliphatic heterocycles. The molecule has 0 atom stereocenters. The monoisotopic (exact) mass is 232 g/mol. The summed E-state index contributed by atoms with van der Waals surface area (Å²) in [5.41, 5.74) is 2.86. The maximum absolute atomic E-state index is 12.4. The van der Waals surface area contributed by atoms with E-state index in [0.717, 1.165) is 36.2 Å². The van der Waals surface area contributed by atoms with Crippen LogP contribution in [0.3, 0.4) is 0 Å². The van der Waals surface area contributed by atoms with Gasteiger partial charge in [0.15, 0.2) is 0 Å². The lowest BCUT2D eigenvalue weighted by atomic mass is 10.1. The number of nitrogens with zero attached hydrogens (tertiary/aromatic N) is 1. The van der Waals surface area contributed by atoms with Crippen LogP contribution in [0.4, 0.5) is 5.69 Å². The van der Waals surface area contributed by atoms with Crippen LogP contribution in [0.25, 0.3) is 0 Å². The molecule has 1 N–H and O–H groups in total. The molecule has 0 unspecified atom stereocenters. The van der Waals surface area contributed by atoms with Crippen molar-refractivity contribution in [3.05, 3.63) is 29.3 Å². The van der Waals surface area contributed by atoms with Gasteiger partial charge in [0.05, 0.1) is 5.56 Å². The molecule has 2 rings (SSSR count). The Labute approximate surface area is 103 Å². The maximum atomic E-state index is 12.4. The van der Waals surface area contributed by atoms with E-state index in [-0.39, 0.29) is 5.91 Å². The van der Waals surface area contributed by atoms with E-state index in [9.17, 15) is 4.79 Å². The van der Waals surface area contributed by atoms with Gasteiger partial charge < -0.3 is 10.2 Å². The van der Waals surface area contributed by atoms with Crippen molar-refractivity contribution in [1.29, 1.82) is 0 Å². The van der Waals surface area contributed by atoms with Crippen LogP contribution in [0.1, 0.15) is 35.7 Å². The summed E-state index contributed by atoms with van der Waals surface area (Å²) in [5, 5.41) is 3.25. The van der Waals surface area contributed by atoms with E-state index in [1.54, 1.807) is 0 Å². The van der Waals surface area contributed by atoms with Crippen molar-refractivity contribution in [2.75, 3.05) is 18.9 Å². The Balaban J connectivity index is 2.27. The van der Waals surface area contributed by atoms with Gasteiger partial charge in [-0.3, -0.25) is 4.79 Å². The lowest BCUT2D eigenvalue weighted by Gasteiger charge is -2.19. The van der Waals surface area contributed by atoms with Gasteiger partial charge in [0.2, 0.25) is 0 Å². The molecule has 3 nitrogen and oxygen atoms in total. The third-order valence-corrected chi connectivity index (χ3v) is 3.19. The summed E-state index contributed by atoms with van der Waals surface area (Å²) >= 11 is 0. The van der Waals surface area contributed by atoms with Crippen LogP contribution >= 0.6 is 0 Å². The van der Waals surface area contributed by atoms with Crippen molar-refractivity contribution in [2.45, 2.75) is 32.7 Å². The van der Waals surface area contributed by atoms with Gasteiger partial charge in [-0.2, -0.15) is 0 Å². The summed E-state index contributed by atoms with van der Waals surface area (Å²) in [6, 6.07) is 6.45. The van der Waals surface area contributed by atoms with Crippen molar-refractivity contribution in [3.8, 4) is 0 Å². The Morgan fingerprint density at radius 1 is 1.47 bits per heavy atom. The Morgan fingerprint density at radius 2 is 2.18 bits per heavy atom. The molecule has 1 saturated carbocycles. The first-order chi connectivity index (χ1) is 8.13. The predicted octanol–water partition coefficient (Wildman–Crippen LogP) is 2.66. The van der Waals surface area contributed by atoms with Crippen LogP contribution in [0.2, 0.25) is 0 Å². The van der Waals surface area contributed by atoms with Crippen LogP contribution in [0, 0.1) is 6.92 Å². The number of benzene rings is 1. The summed E-state index contributed by atoms with van der Waals surface area (Å²) in [4.78, 5) is 14.2. The number of carbonyl (C=O) groups excluding carboxylic acids is 1. The third kappa shape index (κ3) is 2.60. The van der Waals surface area contributed by atoms with Crippen molar-refractivity contribution >= 4 is 11.6 Å². The van der Waals surface area contributed by atoms with Crippen LogP contribution in [-0.2, 0) is 0 Å². The van der Waals surface area contributed by atoms with Gasteiger partial charge in [-0.15, -0.1) is 0 Å². The van der Waals surface area contributed by atoms with Crippen molar-refractivity contribution < 1.29 is 4.79 Å². The summed E-state index contributed by atoms with van der Waals surface area (Å²) in [5.74, 6) is 0.132. The fraction of sp³-hybridized carbons (Fsp3) is 0.500. The number of aryl methyl sites for hydroxylation is 1. The van der Waals surface area contributed by atoms with Crippen LogP contribution < -0.4 is 5.32 Å². The third-order valence-electron chi connectivity index (χ3n) is 3.19. The molecular weight excluding hydrogens is 212 g/mol. The first kappa shape index (κ1) is 12.0. The number of carbonyl (C=O) groups is 1. The van der Waals surface area contributed by atoms with Gasteiger partial charge in [0, 0.05) is 25.3 Å². The molecule has 3 heteroatoms. The van der Waals surface area contributed by atoms with E-state index in [0.29, 0.717) is 6.04 Å². The number of hydrogen-bond acceptors (Lipinski definition) is 2. The molecule has 17 heavy (non-hydrogen) atoms. The summed E-state index contributed by atoms with van der Waals surface area (Å²) in [6.45, 7) is 4.89. The molecule has 1 aliphatic rings. The van der Waals surface area contributed by atoms with Crippen LogP contribution in [-0.4, -0.2) is 30.4 Å². The zero-order valence-corrected chi connectivity index (χ0v) is 10.8. The standard InChI is InChI=1S/C14H20N2O/c1-4-15-13-8-5-10(2)9-12(13)14(17)16(3)11-6-7-11/h5,8-9,11,15H,4,6-7H2,1-3H3. The van der Waals surface area contributed by atoms with Crippen molar-refractivity contribution in [1.82, 2.24) is 4.90 Å². The highest BCUT2D eigenvalue weighted by atomic mass is 16.2. The normalized spacial score (nSPS) is 14.5. The number of hydrogen-bond donors (Lipinski definition) is 1. The minimum Gasteiger partial charge on any atom is -0.385 e. The smallest absolute Gasteiger partial charge is 0.255 e. The SMILES string of the molecule is CCNc1ccc(C)cc1C(=O)N(C)C1CC1. The maximum Gasteiger partial charge on any atom is 0.255 e. The molecule has 1 aromatic rings. The Bertz CT molecular complexity index is 424. The molecular formula is C14H20N2O.